The Kier molecular flexibility index (Phi) is 3.18. The standard InChI is InChI=1S/C14H10FN3O3S/c1-6-2-9(22-5-6)12(19)10-11-8(3-7(15)4-17-11)18(13(10)20)14(16)21/h2-5,20H,1H3,(H2,16,21). The van der Waals surface area contributed by atoms with Crippen molar-refractivity contribution in [2.24, 2.45) is 5.73 Å². The van der Waals surface area contributed by atoms with Crippen molar-refractivity contribution in [1.29, 1.82) is 0 Å². The summed E-state index contributed by atoms with van der Waals surface area (Å²) < 4.78 is 14.0. The third-order valence-corrected chi connectivity index (χ3v) is 4.20. The number of thiophene rings is 1. The number of primary amides is 1. The Labute approximate surface area is 127 Å². The molecule has 0 saturated carbocycles. The lowest BCUT2D eigenvalue weighted by Gasteiger charge is -2.00. The van der Waals surface area contributed by atoms with Crippen LogP contribution in [-0.4, -0.2) is 26.5 Å². The number of carbonyl (C=O) groups is 2. The van der Waals surface area contributed by atoms with Gasteiger partial charge in [-0.15, -0.1) is 11.3 Å². The summed E-state index contributed by atoms with van der Waals surface area (Å²) >= 11 is 1.20. The average Bonchev–Trinajstić information content (AvgIpc) is 2.98. The molecule has 0 aliphatic heterocycles. The molecule has 3 N–H and O–H groups in total. The fourth-order valence-electron chi connectivity index (χ4n) is 2.23. The van der Waals surface area contributed by atoms with Crippen LogP contribution in [0.1, 0.15) is 20.8 Å². The number of carbonyl (C=O) groups excluding carboxylic acids is 2. The van der Waals surface area contributed by atoms with Gasteiger partial charge >= 0.3 is 6.03 Å². The first kappa shape index (κ1) is 14.2. The quantitative estimate of drug-likeness (QED) is 0.709. The van der Waals surface area contributed by atoms with Crippen molar-refractivity contribution in [3.63, 3.8) is 0 Å². The van der Waals surface area contributed by atoms with Crippen molar-refractivity contribution in [3.05, 3.63) is 45.5 Å². The number of aromatic hydroxyl groups is 1. The summed E-state index contributed by atoms with van der Waals surface area (Å²) in [6, 6.07) is 1.61. The van der Waals surface area contributed by atoms with Gasteiger partial charge in [0.2, 0.25) is 11.7 Å². The van der Waals surface area contributed by atoms with Crippen LogP contribution in [0.4, 0.5) is 9.18 Å². The molecule has 0 spiro atoms. The molecule has 22 heavy (non-hydrogen) atoms. The molecule has 3 heterocycles. The molecule has 0 aromatic carbocycles. The average molecular weight is 319 g/mol. The molecule has 0 saturated heterocycles. The van der Waals surface area contributed by atoms with Crippen LogP contribution < -0.4 is 5.73 Å². The zero-order valence-corrected chi connectivity index (χ0v) is 12.1. The van der Waals surface area contributed by atoms with E-state index < -0.39 is 23.5 Å². The summed E-state index contributed by atoms with van der Waals surface area (Å²) in [5.74, 6) is -1.85. The second kappa shape index (κ2) is 4.92. The van der Waals surface area contributed by atoms with Gasteiger partial charge in [0.05, 0.1) is 16.6 Å². The van der Waals surface area contributed by atoms with E-state index in [0.717, 1.165) is 17.8 Å². The zero-order chi connectivity index (χ0) is 16.0. The molecule has 8 heteroatoms. The Balaban J connectivity index is 2.32. The smallest absolute Gasteiger partial charge is 0.326 e. The third-order valence-electron chi connectivity index (χ3n) is 3.15. The second-order valence-corrected chi connectivity index (χ2v) is 5.62. The van der Waals surface area contributed by atoms with E-state index in [0.29, 0.717) is 9.44 Å². The molecule has 6 nitrogen and oxygen atoms in total. The monoisotopic (exact) mass is 319 g/mol. The molecular weight excluding hydrogens is 309 g/mol. The van der Waals surface area contributed by atoms with E-state index in [1.807, 2.05) is 6.92 Å². The fourth-order valence-corrected chi connectivity index (χ4v) is 3.07. The van der Waals surface area contributed by atoms with E-state index >= 15 is 0 Å². The van der Waals surface area contributed by atoms with Crippen LogP contribution in [0.15, 0.2) is 23.7 Å². The highest BCUT2D eigenvalue weighted by Gasteiger charge is 2.27. The summed E-state index contributed by atoms with van der Waals surface area (Å²) in [5, 5.41) is 12.0. The molecule has 0 aliphatic rings. The van der Waals surface area contributed by atoms with Crippen LogP contribution in [0.5, 0.6) is 5.88 Å². The molecule has 0 fully saturated rings. The predicted octanol–water partition coefficient (Wildman–Crippen LogP) is 2.41. The first-order valence-electron chi connectivity index (χ1n) is 6.18. The van der Waals surface area contributed by atoms with Gasteiger partial charge in [-0.1, -0.05) is 0 Å². The van der Waals surface area contributed by atoms with Gasteiger partial charge in [-0.2, -0.15) is 0 Å². The van der Waals surface area contributed by atoms with Gasteiger partial charge in [-0.3, -0.25) is 9.78 Å². The van der Waals surface area contributed by atoms with Crippen LogP contribution in [-0.2, 0) is 0 Å². The topological polar surface area (TPSA) is 98.2 Å². The number of aryl methyl sites for hydroxylation is 1. The zero-order valence-electron chi connectivity index (χ0n) is 11.3. The molecule has 0 atom stereocenters. The highest BCUT2D eigenvalue weighted by Crippen LogP contribution is 2.33. The van der Waals surface area contributed by atoms with Crippen molar-refractivity contribution in [2.45, 2.75) is 6.92 Å². The SMILES string of the molecule is Cc1csc(C(=O)c2c(O)n(C(N)=O)c3cc(F)cnc23)c1. The number of aromatic nitrogens is 2. The minimum Gasteiger partial charge on any atom is -0.494 e. The maximum atomic E-state index is 13.4. The fraction of sp³-hybridized carbons (Fsp3) is 0.0714. The van der Waals surface area contributed by atoms with Gasteiger partial charge in [0.15, 0.2) is 0 Å². The number of hydrogen-bond acceptors (Lipinski definition) is 5. The molecule has 3 rings (SSSR count). The van der Waals surface area contributed by atoms with Gasteiger partial charge in [0.25, 0.3) is 0 Å². The van der Waals surface area contributed by atoms with Gasteiger partial charge in [0, 0.05) is 6.07 Å². The van der Waals surface area contributed by atoms with Crippen LogP contribution in [0.3, 0.4) is 0 Å². The lowest BCUT2D eigenvalue weighted by Crippen LogP contribution is -2.19. The lowest BCUT2D eigenvalue weighted by molar-refractivity contribution is 0.104. The summed E-state index contributed by atoms with van der Waals surface area (Å²) in [6.45, 7) is 1.83. The minimum atomic E-state index is -1.03. The summed E-state index contributed by atoms with van der Waals surface area (Å²) in [7, 11) is 0. The van der Waals surface area contributed by atoms with Crippen molar-refractivity contribution < 1.29 is 19.1 Å². The predicted molar refractivity (Wildman–Crippen MR) is 78.8 cm³/mol. The number of pyridine rings is 1. The van der Waals surface area contributed by atoms with E-state index in [1.54, 1.807) is 11.4 Å². The van der Waals surface area contributed by atoms with E-state index in [-0.39, 0.29) is 16.6 Å². The van der Waals surface area contributed by atoms with Gasteiger partial charge < -0.3 is 10.8 Å². The Morgan fingerprint density at radius 2 is 2.14 bits per heavy atom. The summed E-state index contributed by atoms with van der Waals surface area (Å²) in [4.78, 5) is 28.3. The molecule has 0 unspecified atom stereocenters. The Morgan fingerprint density at radius 1 is 1.41 bits per heavy atom. The Hall–Kier alpha value is -2.74. The normalized spacial score (nSPS) is 11.0. The van der Waals surface area contributed by atoms with Crippen molar-refractivity contribution >= 4 is 34.2 Å². The van der Waals surface area contributed by atoms with Crippen LogP contribution >= 0.6 is 11.3 Å². The van der Waals surface area contributed by atoms with E-state index in [1.165, 1.54) is 11.3 Å². The molecular formula is C14H10FN3O3S. The molecule has 0 bridgehead atoms. The first-order chi connectivity index (χ1) is 10.4. The summed E-state index contributed by atoms with van der Waals surface area (Å²) in [5.41, 5.74) is 5.88. The second-order valence-electron chi connectivity index (χ2n) is 4.71. The van der Waals surface area contributed by atoms with Crippen molar-refractivity contribution in [3.8, 4) is 5.88 Å². The number of hydrogen-bond donors (Lipinski definition) is 2. The molecule has 3 aromatic heterocycles. The number of ketones is 1. The number of nitrogens with zero attached hydrogens (tertiary/aromatic N) is 2. The lowest BCUT2D eigenvalue weighted by atomic mass is 10.1. The molecule has 0 radical (unpaired) electrons. The van der Waals surface area contributed by atoms with Gasteiger partial charge in [-0.05, 0) is 23.9 Å². The van der Waals surface area contributed by atoms with Gasteiger partial charge in [-0.25, -0.2) is 13.8 Å². The van der Waals surface area contributed by atoms with Crippen LogP contribution in [0.25, 0.3) is 11.0 Å². The third kappa shape index (κ3) is 2.04. The van der Waals surface area contributed by atoms with Crippen molar-refractivity contribution in [1.82, 2.24) is 9.55 Å². The van der Waals surface area contributed by atoms with Crippen LogP contribution in [0, 0.1) is 12.7 Å². The maximum absolute atomic E-state index is 13.4. The number of halogens is 1. The summed E-state index contributed by atoms with van der Waals surface area (Å²) in [6.07, 6.45) is 0.906. The first-order valence-corrected chi connectivity index (χ1v) is 7.06. The van der Waals surface area contributed by atoms with Crippen LogP contribution in [0.2, 0.25) is 0 Å². The van der Waals surface area contributed by atoms with Gasteiger partial charge in [0.1, 0.15) is 16.9 Å². The molecule has 1 amide bonds. The van der Waals surface area contributed by atoms with Crippen molar-refractivity contribution in [2.75, 3.05) is 0 Å². The number of fused-ring (bicyclic) bond motifs is 1. The highest BCUT2D eigenvalue weighted by molar-refractivity contribution is 7.12. The molecule has 3 aromatic rings. The molecule has 0 aliphatic carbocycles. The minimum absolute atomic E-state index is 0.0220. The Bertz CT molecular complexity index is 929. The van der Waals surface area contributed by atoms with E-state index in [4.69, 9.17) is 5.73 Å². The van der Waals surface area contributed by atoms with E-state index in [2.05, 4.69) is 4.98 Å². The molecule has 112 valence electrons. The number of nitrogens with two attached hydrogens (primary N) is 1. The highest BCUT2D eigenvalue weighted by atomic mass is 32.1. The largest absolute Gasteiger partial charge is 0.494 e. The number of amides is 1. The number of rotatable bonds is 2. The maximum Gasteiger partial charge on any atom is 0.326 e. The van der Waals surface area contributed by atoms with E-state index in [9.17, 15) is 19.1 Å². The Morgan fingerprint density at radius 3 is 2.73 bits per heavy atom.